The highest BCUT2D eigenvalue weighted by Crippen LogP contribution is 2.43. The summed E-state index contributed by atoms with van der Waals surface area (Å²) in [7, 11) is 1.54. The first kappa shape index (κ1) is 54.7. The molecule has 0 rings (SSSR count). The summed E-state index contributed by atoms with van der Waals surface area (Å²) >= 11 is 0. The number of unbranched alkanes of at least 4 members (excludes halogenated alkanes) is 25. The molecular weight excluding hydrogens is 719 g/mol. The molecule has 0 spiro atoms. The van der Waals surface area contributed by atoms with Gasteiger partial charge in [-0.15, -0.1) is 0 Å². The number of aliphatic hydroxyl groups excluding tert-OH is 1. The number of carbonyl (C=O) groups excluding carboxylic acids is 1. The smallest absolute Gasteiger partial charge is 0.387 e. The molecule has 3 unspecified atom stereocenters. The first-order valence-corrected chi connectivity index (χ1v) is 24.9. The van der Waals surface area contributed by atoms with E-state index in [0.717, 1.165) is 44.9 Å². The van der Waals surface area contributed by atoms with Crippen LogP contribution in [0.15, 0.2) is 36.5 Å². The molecule has 0 heterocycles. The number of carbonyl (C=O) groups is 1. The fraction of sp³-hybridized carbons (Fsp3) is 0.851. The average Bonchev–Trinajstić information content (AvgIpc) is 3.15. The maximum Gasteiger partial charge on any atom is 0.472 e. The quantitative estimate of drug-likeness (QED) is 0.0245. The molecule has 0 aromatic heterocycles. The molecule has 0 fully saturated rings. The van der Waals surface area contributed by atoms with Crippen LogP contribution in [-0.4, -0.2) is 73.4 Å². The van der Waals surface area contributed by atoms with E-state index < -0.39 is 20.0 Å². The third-order valence-electron chi connectivity index (χ3n) is 10.3. The summed E-state index contributed by atoms with van der Waals surface area (Å²) in [5.41, 5.74) is 0. The minimum Gasteiger partial charge on any atom is -0.387 e. The van der Waals surface area contributed by atoms with Crippen LogP contribution in [0.5, 0.6) is 0 Å². The molecule has 0 aliphatic heterocycles. The SMILES string of the molecule is CCCCCCCCCCCCCCCCCCCCCCC/C=C/CC/C=C/CC/C=C/C(O)C(COP(=O)(O)OCC[N+](C)(C)C)NC(=O)CCCCC. The Balaban J connectivity index is 3.93. The van der Waals surface area contributed by atoms with Gasteiger partial charge in [-0.1, -0.05) is 192 Å². The van der Waals surface area contributed by atoms with Crippen LogP contribution >= 0.6 is 7.82 Å². The van der Waals surface area contributed by atoms with Crippen molar-refractivity contribution in [3.8, 4) is 0 Å². The van der Waals surface area contributed by atoms with Crippen LogP contribution in [0, 0.1) is 0 Å². The molecule has 0 aromatic carbocycles. The van der Waals surface area contributed by atoms with Crippen molar-refractivity contribution in [2.24, 2.45) is 0 Å². The van der Waals surface area contributed by atoms with Gasteiger partial charge in [-0.25, -0.2) is 4.57 Å². The van der Waals surface area contributed by atoms with Gasteiger partial charge in [0.15, 0.2) is 0 Å². The largest absolute Gasteiger partial charge is 0.472 e. The van der Waals surface area contributed by atoms with E-state index in [1.165, 1.54) is 141 Å². The number of amides is 1. The highest BCUT2D eigenvalue weighted by Gasteiger charge is 2.27. The van der Waals surface area contributed by atoms with Crippen molar-refractivity contribution in [2.75, 3.05) is 40.9 Å². The highest BCUT2D eigenvalue weighted by molar-refractivity contribution is 7.47. The monoisotopic (exact) mass is 812 g/mol. The van der Waals surface area contributed by atoms with Crippen molar-refractivity contribution >= 4 is 13.7 Å². The number of rotatable bonds is 42. The van der Waals surface area contributed by atoms with E-state index in [-0.39, 0.29) is 19.1 Å². The molecule has 3 atom stereocenters. The van der Waals surface area contributed by atoms with Gasteiger partial charge in [-0.05, 0) is 44.9 Å². The average molecular weight is 812 g/mol. The topological polar surface area (TPSA) is 105 Å². The van der Waals surface area contributed by atoms with Crippen LogP contribution < -0.4 is 5.32 Å². The second kappa shape index (κ2) is 39.2. The van der Waals surface area contributed by atoms with E-state index in [0.29, 0.717) is 17.4 Å². The van der Waals surface area contributed by atoms with E-state index in [9.17, 15) is 19.4 Å². The number of nitrogens with zero attached hydrogens (tertiary/aromatic N) is 1. The Kier molecular flexibility index (Phi) is 38.3. The summed E-state index contributed by atoms with van der Waals surface area (Å²) in [6.07, 6.45) is 49.1. The second-order valence-corrected chi connectivity index (χ2v) is 18.6. The molecular formula is C47H92N2O6P+. The zero-order chi connectivity index (χ0) is 41.4. The Morgan fingerprint density at radius 2 is 0.982 bits per heavy atom. The number of quaternary nitrogens is 1. The van der Waals surface area contributed by atoms with E-state index in [1.807, 2.05) is 27.2 Å². The minimum absolute atomic E-state index is 0.0528. The van der Waals surface area contributed by atoms with Gasteiger partial charge < -0.3 is 19.8 Å². The third-order valence-corrected chi connectivity index (χ3v) is 11.3. The molecule has 9 heteroatoms. The first-order valence-electron chi connectivity index (χ1n) is 23.4. The van der Waals surface area contributed by atoms with Gasteiger partial charge in [0.05, 0.1) is 39.9 Å². The molecule has 0 radical (unpaired) electrons. The molecule has 0 aliphatic carbocycles. The zero-order valence-corrected chi connectivity index (χ0v) is 38.3. The zero-order valence-electron chi connectivity index (χ0n) is 37.4. The fourth-order valence-corrected chi connectivity index (χ4v) is 7.34. The molecule has 8 nitrogen and oxygen atoms in total. The van der Waals surface area contributed by atoms with Gasteiger partial charge >= 0.3 is 7.82 Å². The Labute approximate surface area is 347 Å². The summed E-state index contributed by atoms with van der Waals surface area (Å²) in [4.78, 5) is 22.6. The predicted octanol–water partition coefficient (Wildman–Crippen LogP) is 13.1. The third kappa shape index (κ3) is 40.9. The number of nitrogens with one attached hydrogen (secondary N) is 1. The predicted molar refractivity (Wildman–Crippen MR) is 240 cm³/mol. The number of aliphatic hydroxyl groups is 1. The normalized spacial score (nSPS) is 14.6. The van der Waals surface area contributed by atoms with Crippen LogP contribution in [0.25, 0.3) is 0 Å². The van der Waals surface area contributed by atoms with Crippen molar-refractivity contribution in [3.63, 3.8) is 0 Å². The van der Waals surface area contributed by atoms with Gasteiger partial charge in [-0.3, -0.25) is 13.8 Å². The molecule has 0 aliphatic rings. The van der Waals surface area contributed by atoms with Gasteiger partial charge in [0.25, 0.3) is 0 Å². The highest BCUT2D eigenvalue weighted by atomic mass is 31.2. The molecule has 330 valence electrons. The van der Waals surface area contributed by atoms with Crippen molar-refractivity contribution in [2.45, 2.75) is 219 Å². The lowest BCUT2D eigenvalue weighted by atomic mass is 10.0. The van der Waals surface area contributed by atoms with Crippen LogP contribution in [0.1, 0.15) is 206 Å². The summed E-state index contributed by atoms with van der Waals surface area (Å²) in [6.45, 7) is 4.61. The van der Waals surface area contributed by atoms with Gasteiger partial charge in [-0.2, -0.15) is 0 Å². The Morgan fingerprint density at radius 1 is 0.589 bits per heavy atom. The molecule has 1 amide bonds. The van der Waals surface area contributed by atoms with Gasteiger partial charge in [0, 0.05) is 6.42 Å². The van der Waals surface area contributed by atoms with Crippen LogP contribution in [0.2, 0.25) is 0 Å². The lowest BCUT2D eigenvalue weighted by Gasteiger charge is -2.25. The molecule has 56 heavy (non-hydrogen) atoms. The Bertz CT molecular complexity index is 1010. The molecule has 0 bridgehead atoms. The second-order valence-electron chi connectivity index (χ2n) is 17.1. The summed E-state index contributed by atoms with van der Waals surface area (Å²) < 4.78 is 23.3. The van der Waals surface area contributed by atoms with E-state index >= 15 is 0 Å². The molecule has 0 saturated heterocycles. The van der Waals surface area contributed by atoms with Crippen molar-refractivity contribution in [1.82, 2.24) is 5.32 Å². The summed E-state index contributed by atoms with van der Waals surface area (Å²) in [5, 5.41) is 13.6. The summed E-state index contributed by atoms with van der Waals surface area (Å²) in [6, 6.07) is -0.862. The summed E-state index contributed by atoms with van der Waals surface area (Å²) in [5.74, 6) is -0.217. The molecule has 0 aromatic rings. The fourth-order valence-electron chi connectivity index (χ4n) is 6.60. The maximum absolute atomic E-state index is 12.5. The van der Waals surface area contributed by atoms with Crippen LogP contribution in [0.4, 0.5) is 0 Å². The number of hydrogen-bond acceptors (Lipinski definition) is 5. The molecule has 3 N–H and O–H groups in total. The Hall–Kier alpha value is -1.28. The standard InChI is InChI=1S/C47H91N2O6P/c1-6-8-10-11-12-13-14-15-16-17-18-19-20-21-22-23-24-25-26-27-28-29-30-31-32-33-34-35-36-37-39-40-46(50)45(48-47(51)41-38-9-7-2)44-55-56(52,53)54-43-42-49(3,4)5/h30-31,34-35,39-40,45-46,50H,6-29,32-33,36-38,41-44H2,1-5H3,(H-,48,51,52,53)/p+1/b31-30+,35-34+,40-39+. The van der Waals surface area contributed by atoms with Crippen molar-refractivity contribution in [1.29, 1.82) is 0 Å². The minimum atomic E-state index is -4.33. The van der Waals surface area contributed by atoms with Crippen molar-refractivity contribution in [3.05, 3.63) is 36.5 Å². The number of phosphoric acid groups is 1. The number of allylic oxidation sites excluding steroid dienone is 5. The van der Waals surface area contributed by atoms with Crippen LogP contribution in [-0.2, 0) is 18.4 Å². The van der Waals surface area contributed by atoms with E-state index in [1.54, 1.807) is 6.08 Å². The van der Waals surface area contributed by atoms with E-state index in [2.05, 4.69) is 43.5 Å². The maximum atomic E-state index is 12.5. The number of hydrogen-bond donors (Lipinski definition) is 3. The first-order chi connectivity index (χ1) is 27.0. The van der Waals surface area contributed by atoms with Crippen molar-refractivity contribution < 1.29 is 32.9 Å². The van der Waals surface area contributed by atoms with E-state index in [4.69, 9.17) is 9.05 Å². The number of phosphoric ester groups is 1. The van der Waals surface area contributed by atoms with Gasteiger partial charge in [0.1, 0.15) is 13.2 Å². The molecule has 0 saturated carbocycles. The van der Waals surface area contributed by atoms with Gasteiger partial charge in [0.2, 0.25) is 5.91 Å². The Morgan fingerprint density at radius 3 is 1.43 bits per heavy atom. The number of likely N-dealkylation sites (N-methyl/N-ethyl adjacent to an activating group) is 1. The lowest BCUT2D eigenvalue weighted by Crippen LogP contribution is -2.45. The lowest BCUT2D eigenvalue weighted by molar-refractivity contribution is -0.870. The van der Waals surface area contributed by atoms with Crippen LogP contribution in [0.3, 0.4) is 0 Å².